The van der Waals surface area contributed by atoms with Gasteiger partial charge < -0.3 is 0 Å². The van der Waals surface area contributed by atoms with Gasteiger partial charge in [0.25, 0.3) is 0 Å². The highest BCUT2D eigenvalue weighted by atomic mass is 35.5. The van der Waals surface area contributed by atoms with E-state index in [1.165, 1.54) is 6.21 Å². The lowest BCUT2D eigenvalue weighted by Gasteiger charge is -2.10. The second-order valence-corrected chi connectivity index (χ2v) is 7.11. The van der Waals surface area contributed by atoms with Gasteiger partial charge in [-0.15, -0.1) is 0 Å². The van der Waals surface area contributed by atoms with Crippen molar-refractivity contribution in [2.24, 2.45) is 5.10 Å². The first-order valence-electron chi connectivity index (χ1n) is 9.43. The fraction of sp³-hybridized carbons (Fsp3) is 0.0455. The fourth-order valence-corrected chi connectivity index (χ4v) is 3.24. The van der Waals surface area contributed by atoms with Gasteiger partial charge in [0.1, 0.15) is 0 Å². The van der Waals surface area contributed by atoms with E-state index in [1.807, 2.05) is 0 Å². The Kier molecular flexibility index (Phi) is 7.27. The number of hydrazone groups is 1. The molecule has 0 saturated heterocycles. The molecule has 0 fully saturated rings. The molecule has 0 spiro atoms. The van der Waals surface area contributed by atoms with Crippen molar-refractivity contribution >= 4 is 45.5 Å². The van der Waals surface area contributed by atoms with Crippen molar-refractivity contribution < 1.29 is 23.0 Å². The minimum Gasteiger partial charge on any atom is -0.266 e. The van der Waals surface area contributed by atoms with Crippen molar-refractivity contribution in [2.45, 2.75) is 6.18 Å². The molecule has 0 heterocycles. The van der Waals surface area contributed by atoms with E-state index in [1.54, 1.807) is 60.7 Å². The lowest BCUT2D eigenvalue weighted by molar-refractivity contribution is -0.392. The molecule has 0 aliphatic heterocycles. The van der Waals surface area contributed by atoms with Crippen LogP contribution in [0, 0.1) is 20.2 Å². The predicted octanol–water partition coefficient (Wildman–Crippen LogP) is 6.73. The Labute approximate surface area is 195 Å². The number of nitrogens with zero attached hydrogens (tertiary/aromatic N) is 3. The SMILES string of the molecule is O=[N+]([O-])c1cc(C(F)(F)F)cc([N+](=O)[O-])c1N/N=C/C(=C(/Cl)c1ccccc1)c1ccccc1. The average Bonchev–Trinajstić information content (AvgIpc) is 2.81. The Morgan fingerprint density at radius 2 is 1.35 bits per heavy atom. The first kappa shape index (κ1) is 24.4. The minimum absolute atomic E-state index is 0.204. The van der Waals surface area contributed by atoms with Gasteiger partial charge in [0.05, 0.1) is 26.7 Å². The van der Waals surface area contributed by atoms with Crippen LogP contribution >= 0.6 is 11.6 Å². The molecule has 8 nitrogen and oxygen atoms in total. The maximum atomic E-state index is 13.1. The highest BCUT2D eigenvalue weighted by Gasteiger charge is 2.37. The monoisotopic (exact) mass is 490 g/mol. The Morgan fingerprint density at radius 3 is 1.79 bits per heavy atom. The summed E-state index contributed by atoms with van der Waals surface area (Å²) in [5.41, 5.74) is -0.892. The predicted molar refractivity (Wildman–Crippen MR) is 122 cm³/mol. The van der Waals surface area contributed by atoms with E-state index in [2.05, 4.69) is 10.5 Å². The van der Waals surface area contributed by atoms with Crippen LogP contribution in [0.15, 0.2) is 77.9 Å². The fourth-order valence-electron chi connectivity index (χ4n) is 2.96. The van der Waals surface area contributed by atoms with Gasteiger partial charge in [-0.05, 0) is 11.1 Å². The number of hydrogen-bond donors (Lipinski definition) is 1. The second-order valence-electron chi connectivity index (χ2n) is 6.73. The van der Waals surface area contributed by atoms with Gasteiger partial charge in [-0.3, -0.25) is 25.7 Å². The molecule has 0 aliphatic rings. The smallest absolute Gasteiger partial charge is 0.266 e. The highest BCUT2D eigenvalue weighted by molar-refractivity contribution is 6.56. The van der Waals surface area contributed by atoms with E-state index < -0.39 is 38.6 Å². The van der Waals surface area contributed by atoms with Gasteiger partial charge in [-0.2, -0.15) is 18.3 Å². The normalized spacial score (nSPS) is 12.4. The topological polar surface area (TPSA) is 111 Å². The Balaban J connectivity index is 2.10. The zero-order chi connectivity index (χ0) is 24.9. The van der Waals surface area contributed by atoms with Gasteiger partial charge in [0.15, 0.2) is 0 Å². The van der Waals surface area contributed by atoms with Crippen LogP contribution in [0.5, 0.6) is 0 Å². The third-order valence-electron chi connectivity index (χ3n) is 4.54. The van der Waals surface area contributed by atoms with E-state index in [0.717, 1.165) is 0 Å². The van der Waals surface area contributed by atoms with Crippen molar-refractivity contribution in [1.29, 1.82) is 0 Å². The summed E-state index contributed by atoms with van der Waals surface area (Å²) in [7, 11) is 0. The second kappa shape index (κ2) is 10.1. The third-order valence-corrected chi connectivity index (χ3v) is 4.96. The molecule has 3 aromatic carbocycles. The van der Waals surface area contributed by atoms with Crippen molar-refractivity contribution in [2.75, 3.05) is 5.43 Å². The number of nitrogens with one attached hydrogen (secondary N) is 1. The van der Waals surface area contributed by atoms with E-state index >= 15 is 0 Å². The first-order valence-corrected chi connectivity index (χ1v) is 9.81. The molecule has 0 unspecified atom stereocenters. The number of rotatable bonds is 7. The van der Waals surface area contributed by atoms with Crippen LogP contribution in [-0.4, -0.2) is 16.1 Å². The maximum absolute atomic E-state index is 13.1. The Bertz CT molecular complexity index is 1250. The summed E-state index contributed by atoms with van der Waals surface area (Å²) in [6, 6.07) is 17.8. The summed E-state index contributed by atoms with van der Waals surface area (Å²) in [4.78, 5) is 20.4. The molecule has 0 saturated carbocycles. The number of anilines is 1. The molecule has 174 valence electrons. The van der Waals surface area contributed by atoms with E-state index in [-0.39, 0.29) is 17.2 Å². The van der Waals surface area contributed by atoms with Crippen LogP contribution < -0.4 is 5.43 Å². The number of allylic oxidation sites excluding steroid dienone is 1. The van der Waals surface area contributed by atoms with E-state index in [4.69, 9.17) is 11.6 Å². The van der Waals surface area contributed by atoms with Crippen LogP contribution in [0.25, 0.3) is 10.6 Å². The first-order chi connectivity index (χ1) is 16.1. The number of nitro benzene ring substituents is 2. The van der Waals surface area contributed by atoms with Crippen LogP contribution in [0.2, 0.25) is 0 Å². The zero-order valence-electron chi connectivity index (χ0n) is 17.0. The summed E-state index contributed by atoms with van der Waals surface area (Å²) in [5, 5.41) is 26.9. The van der Waals surface area contributed by atoms with Gasteiger partial charge in [-0.1, -0.05) is 72.3 Å². The minimum atomic E-state index is -5.02. The largest absolute Gasteiger partial charge is 0.416 e. The van der Waals surface area contributed by atoms with Crippen molar-refractivity contribution in [3.8, 4) is 0 Å². The number of hydrogen-bond acceptors (Lipinski definition) is 6. The third kappa shape index (κ3) is 5.56. The lowest BCUT2D eigenvalue weighted by Crippen LogP contribution is -2.09. The van der Waals surface area contributed by atoms with Gasteiger partial charge in [0, 0.05) is 17.7 Å². The molecular weight excluding hydrogens is 477 g/mol. The molecule has 0 amide bonds. The number of benzene rings is 3. The summed E-state index contributed by atoms with van der Waals surface area (Å²) in [5.74, 6) is 0. The molecule has 12 heteroatoms. The van der Waals surface area contributed by atoms with Gasteiger partial charge >= 0.3 is 17.6 Å². The molecule has 0 radical (unpaired) electrons. The van der Waals surface area contributed by atoms with Crippen molar-refractivity contribution in [1.82, 2.24) is 0 Å². The Morgan fingerprint density at radius 1 is 0.882 bits per heavy atom. The standard InChI is InChI=1S/C22H14ClF3N4O4/c23-20(15-9-5-2-6-10-15)17(14-7-3-1-4-8-14)13-27-28-21-18(29(31)32)11-16(22(24,25)26)12-19(21)30(33)34/h1-13,28H/b20-17-,27-13+. The molecule has 34 heavy (non-hydrogen) atoms. The molecule has 0 aliphatic carbocycles. The highest BCUT2D eigenvalue weighted by Crippen LogP contribution is 2.41. The zero-order valence-corrected chi connectivity index (χ0v) is 17.7. The van der Waals surface area contributed by atoms with Crippen LogP contribution in [0.4, 0.5) is 30.2 Å². The molecule has 3 rings (SSSR count). The number of halogens is 4. The quantitative estimate of drug-likeness (QED) is 0.171. The molecule has 0 atom stereocenters. The summed E-state index contributed by atoms with van der Waals surface area (Å²) < 4.78 is 39.3. The van der Waals surface area contributed by atoms with Crippen LogP contribution in [0.1, 0.15) is 16.7 Å². The van der Waals surface area contributed by atoms with Gasteiger partial charge in [-0.25, -0.2) is 0 Å². The van der Waals surface area contributed by atoms with E-state index in [9.17, 15) is 33.4 Å². The molecule has 0 bridgehead atoms. The Hall–Kier alpha value is -4.25. The van der Waals surface area contributed by atoms with Gasteiger partial charge in [0.2, 0.25) is 5.69 Å². The summed E-state index contributed by atoms with van der Waals surface area (Å²) in [6.07, 6.45) is -3.85. The lowest BCUT2D eigenvalue weighted by atomic mass is 10.0. The maximum Gasteiger partial charge on any atom is 0.416 e. The van der Waals surface area contributed by atoms with Crippen LogP contribution in [0.3, 0.4) is 0 Å². The van der Waals surface area contributed by atoms with Crippen molar-refractivity contribution in [3.05, 3.63) is 110 Å². The molecule has 1 N–H and O–H groups in total. The summed E-state index contributed by atoms with van der Waals surface area (Å²) in [6.45, 7) is 0. The molecule has 0 aromatic heterocycles. The molecular formula is C22H14ClF3N4O4. The van der Waals surface area contributed by atoms with E-state index in [0.29, 0.717) is 16.7 Å². The summed E-state index contributed by atoms with van der Waals surface area (Å²) >= 11 is 6.54. The number of nitro groups is 2. The molecule has 3 aromatic rings. The average molecular weight is 491 g/mol. The number of alkyl halides is 3. The van der Waals surface area contributed by atoms with Crippen molar-refractivity contribution in [3.63, 3.8) is 0 Å². The van der Waals surface area contributed by atoms with Crippen LogP contribution in [-0.2, 0) is 6.18 Å².